The van der Waals surface area contributed by atoms with Crippen molar-refractivity contribution in [2.45, 2.75) is 32.1 Å². The van der Waals surface area contributed by atoms with E-state index in [1.807, 2.05) is 0 Å². The number of unbranched alkanes of at least 4 members (excludes halogenated alkanes) is 2. The van der Waals surface area contributed by atoms with Crippen molar-refractivity contribution in [3.8, 4) is 0 Å². The molecule has 0 spiro atoms. The fourth-order valence-electron chi connectivity index (χ4n) is 2.58. The lowest BCUT2D eigenvalue weighted by Gasteiger charge is -2.29. The van der Waals surface area contributed by atoms with Crippen LogP contribution >= 0.6 is 0 Å². The van der Waals surface area contributed by atoms with Crippen molar-refractivity contribution in [3.05, 3.63) is 0 Å². The summed E-state index contributed by atoms with van der Waals surface area (Å²) < 4.78 is 2.47. The Kier molecular flexibility index (Phi) is 4.60. The fraction of sp³-hybridized carbons (Fsp3) is 1.00. The summed E-state index contributed by atoms with van der Waals surface area (Å²) in [5.41, 5.74) is 0. The molecule has 0 atom stereocenters. The Morgan fingerprint density at radius 1 is 0.933 bits per heavy atom. The Labute approximate surface area is 96.1 Å². The summed E-state index contributed by atoms with van der Waals surface area (Å²) >= 11 is 0. The van der Waals surface area contributed by atoms with Crippen LogP contribution in [0.4, 0.5) is 0 Å². The van der Waals surface area contributed by atoms with E-state index in [0.717, 1.165) is 4.48 Å². The molecule has 0 unspecified atom stereocenters. The number of hydrogen-bond donors (Lipinski definition) is 0. The maximum absolute atomic E-state index is 2.44. The summed E-state index contributed by atoms with van der Waals surface area (Å²) in [6.45, 7) is 5.59. The van der Waals surface area contributed by atoms with E-state index in [0.29, 0.717) is 0 Å². The SMILES string of the molecule is C[N+](C)(C)CCCCC[N+]1(C)CCCC1. The first-order chi connectivity index (χ1) is 6.91. The van der Waals surface area contributed by atoms with Gasteiger partial charge < -0.3 is 8.97 Å². The van der Waals surface area contributed by atoms with Crippen LogP contribution in [0.3, 0.4) is 0 Å². The van der Waals surface area contributed by atoms with E-state index in [9.17, 15) is 0 Å². The molecule has 1 heterocycles. The largest absolute Gasteiger partial charge is 0.331 e. The van der Waals surface area contributed by atoms with Crippen molar-refractivity contribution in [1.29, 1.82) is 0 Å². The Morgan fingerprint density at radius 2 is 1.53 bits per heavy atom. The molecule has 0 radical (unpaired) electrons. The molecule has 1 saturated heterocycles. The number of nitrogens with zero attached hydrogens (tertiary/aromatic N) is 2. The fourth-order valence-corrected chi connectivity index (χ4v) is 2.58. The second kappa shape index (κ2) is 5.31. The van der Waals surface area contributed by atoms with Gasteiger partial charge in [0.15, 0.2) is 0 Å². The second-order valence-electron chi connectivity index (χ2n) is 6.57. The van der Waals surface area contributed by atoms with E-state index >= 15 is 0 Å². The third-order valence-corrected chi connectivity index (χ3v) is 3.67. The van der Waals surface area contributed by atoms with Crippen LogP contribution in [-0.2, 0) is 0 Å². The minimum absolute atomic E-state index is 1.12. The van der Waals surface area contributed by atoms with Crippen molar-refractivity contribution in [2.24, 2.45) is 0 Å². The lowest BCUT2D eigenvalue weighted by molar-refractivity contribution is -0.898. The molecule has 2 nitrogen and oxygen atoms in total. The van der Waals surface area contributed by atoms with Crippen molar-refractivity contribution in [1.82, 2.24) is 0 Å². The van der Waals surface area contributed by atoms with Gasteiger partial charge in [0.25, 0.3) is 0 Å². The Balaban J connectivity index is 2.02. The predicted molar refractivity (Wildman–Crippen MR) is 66.8 cm³/mol. The highest BCUT2D eigenvalue weighted by molar-refractivity contribution is 4.52. The van der Waals surface area contributed by atoms with Gasteiger partial charge in [-0.1, -0.05) is 0 Å². The van der Waals surface area contributed by atoms with Crippen LogP contribution in [-0.4, -0.2) is 63.3 Å². The minimum Gasteiger partial charge on any atom is -0.331 e. The van der Waals surface area contributed by atoms with E-state index in [1.165, 1.54) is 62.8 Å². The van der Waals surface area contributed by atoms with Gasteiger partial charge in [0, 0.05) is 12.8 Å². The molecule has 0 aliphatic carbocycles. The van der Waals surface area contributed by atoms with Crippen LogP contribution in [0.5, 0.6) is 0 Å². The topological polar surface area (TPSA) is 0 Å². The molecule has 0 aromatic heterocycles. The number of likely N-dealkylation sites (tertiary alicyclic amines) is 1. The van der Waals surface area contributed by atoms with Crippen LogP contribution in [0.25, 0.3) is 0 Å². The maximum Gasteiger partial charge on any atom is 0.0786 e. The lowest BCUT2D eigenvalue weighted by Crippen LogP contribution is -2.41. The highest BCUT2D eigenvalue weighted by Gasteiger charge is 2.25. The number of hydrogen-bond acceptors (Lipinski definition) is 0. The third-order valence-electron chi connectivity index (χ3n) is 3.67. The van der Waals surface area contributed by atoms with Gasteiger partial charge in [0.05, 0.1) is 54.4 Å². The molecule has 2 heteroatoms. The highest BCUT2D eigenvalue weighted by atomic mass is 15.3. The molecule has 0 aromatic carbocycles. The molecule has 0 N–H and O–H groups in total. The molecular weight excluding hydrogens is 184 g/mol. The van der Waals surface area contributed by atoms with Gasteiger partial charge >= 0.3 is 0 Å². The van der Waals surface area contributed by atoms with Gasteiger partial charge in [0.1, 0.15) is 0 Å². The summed E-state index contributed by atoms with van der Waals surface area (Å²) in [4.78, 5) is 0. The van der Waals surface area contributed by atoms with Gasteiger partial charge in [-0.05, 0) is 19.3 Å². The molecule has 1 fully saturated rings. The summed E-state index contributed by atoms with van der Waals surface area (Å²) in [6.07, 6.45) is 7.15. The monoisotopic (exact) mass is 214 g/mol. The average molecular weight is 214 g/mol. The van der Waals surface area contributed by atoms with Crippen molar-refractivity contribution in [2.75, 3.05) is 54.4 Å². The molecule has 15 heavy (non-hydrogen) atoms. The quantitative estimate of drug-likeness (QED) is 0.469. The molecule has 1 aliphatic heterocycles. The minimum atomic E-state index is 1.12. The Morgan fingerprint density at radius 3 is 2.07 bits per heavy atom. The summed E-state index contributed by atoms with van der Waals surface area (Å²) in [7, 11) is 9.30. The second-order valence-corrected chi connectivity index (χ2v) is 6.57. The van der Waals surface area contributed by atoms with Crippen LogP contribution in [0.2, 0.25) is 0 Å². The average Bonchev–Trinajstić information content (AvgIpc) is 2.50. The van der Waals surface area contributed by atoms with E-state index < -0.39 is 0 Å². The number of quaternary nitrogens is 2. The zero-order chi connectivity index (χ0) is 11.4. The summed E-state index contributed by atoms with van der Waals surface area (Å²) in [6, 6.07) is 0. The molecule has 1 aliphatic rings. The van der Waals surface area contributed by atoms with Crippen molar-refractivity contribution in [3.63, 3.8) is 0 Å². The van der Waals surface area contributed by atoms with Crippen LogP contribution in [0.1, 0.15) is 32.1 Å². The molecule has 0 amide bonds. The zero-order valence-corrected chi connectivity index (χ0v) is 11.3. The highest BCUT2D eigenvalue weighted by Crippen LogP contribution is 2.17. The first-order valence-corrected chi connectivity index (χ1v) is 6.55. The molecule has 0 bridgehead atoms. The van der Waals surface area contributed by atoms with Crippen LogP contribution in [0, 0.1) is 0 Å². The smallest absolute Gasteiger partial charge is 0.0786 e. The van der Waals surface area contributed by atoms with Gasteiger partial charge in [-0.3, -0.25) is 0 Å². The predicted octanol–water partition coefficient (Wildman–Crippen LogP) is 2.10. The maximum atomic E-state index is 2.44. The van der Waals surface area contributed by atoms with Gasteiger partial charge in [-0.2, -0.15) is 0 Å². The van der Waals surface area contributed by atoms with Gasteiger partial charge in [-0.15, -0.1) is 0 Å². The van der Waals surface area contributed by atoms with Crippen LogP contribution < -0.4 is 0 Å². The first kappa shape index (κ1) is 13.0. The normalized spacial score (nSPS) is 20.8. The standard InChI is InChI=1S/C13H30N2/c1-14(2,3)10-6-5-7-11-15(4)12-8-9-13-15/h5-13H2,1-4H3/q+2. The number of rotatable bonds is 6. The molecule has 0 aromatic rings. The third kappa shape index (κ3) is 5.53. The van der Waals surface area contributed by atoms with Crippen molar-refractivity contribution >= 4 is 0 Å². The Hall–Kier alpha value is -0.0800. The van der Waals surface area contributed by atoms with E-state index in [2.05, 4.69) is 28.2 Å². The van der Waals surface area contributed by atoms with E-state index in [4.69, 9.17) is 0 Å². The summed E-state index contributed by atoms with van der Waals surface area (Å²) in [5, 5.41) is 0. The molecule has 90 valence electrons. The van der Waals surface area contributed by atoms with Crippen LogP contribution in [0.15, 0.2) is 0 Å². The van der Waals surface area contributed by atoms with Crippen molar-refractivity contribution < 1.29 is 8.97 Å². The molecular formula is C13H30N2+2. The molecule has 0 saturated carbocycles. The Bertz CT molecular complexity index is 175. The lowest BCUT2D eigenvalue weighted by atomic mass is 10.2. The zero-order valence-electron chi connectivity index (χ0n) is 11.3. The van der Waals surface area contributed by atoms with E-state index in [-0.39, 0.29) is 0 Å². The van der Waals surface area contributed by atoms with Gasteiger partial charge in [-0.25, -0.2) is 0 Å². The molecule has 1 rings (SSSR count). The van der Waals surface area contributed by atoms with E-state index in [1.54, 1.807) is 0 Å². The first-order valence-electron chi connectivity index (χ1n) is 6.55. The van der Waals surface area contributed by atoms with Gasteiger partial charge in [0.2, 0.25) is 0 Å². The summed E-state index contributed by atoms with van der Waals surface area (Å²) in [5.74, 6) is 0.